The van der Waals surface area contributed by atoms with Gasteiger partial charge in [0.1, 0.15) is 5.69 Å². The van der Waals surface area contributed by atoms with E-state index in [1.165, 1.54) is 0 Å². The molecule has 2 N–H and O–H groups in total. The first-order valence-electron chi connectivity index (χ1n) is 7.29. The summed E-state index contributed by atoms with van der Waals surface area (Å²) in [6.45, 7) is 6.67. The van der Waals surface area contributed by atoms with Crippen molar-refractivity contribution in [2.75, 3.05) is 11.9 Å². The Labute approximate surface area is 135 Å². The van der Waals surface area contributed by atoms with E-state index < -0.39 is 0 Å². The molecule has 0 fully saturated rings. The number of nitrogens with zero attached hydrogens (tertiary/aromatic N) is 1. The standard InChI is InChI=1S/C17H20ClN3O/c1-4-7-19-17(22)15-6-5-13(10-20-15)21-16-12(3)8-11(2)9-14(16)18/h5-6,8-10,21H,4,7H2,1-3H3,(H,19,22). The molecule has 0 atom stereocenters. The molecule has 0 spiro atoms. The average molecular weight is 318 g/mol. The highest BCUT2D eigenvalue weighted by atomic mass is 35.5. The van der Waals surface area contributed by atoms with Crippen LogP contribution < -0.4 is 10.6 Å². The summed E-state index contributed by atoms with van der Waals surface area (Å²) in [6.07, 6.45) is 2.53. The molecule has 0 unspecified atom stereocenters. The van der Waals surface area contributed by atoms with E-state index in [2.05, 4.69) is 21.7 Å². The molecule has 0 radical (unpaired) electrons. The molecular weight excluding hydrogens is 298 g/mol. The second kappa shape index (κ2) is 7.27. The number of benzene rings is 1. The number of aryl methyl sites for hydroxylation is 2. The van der Waals surface area contributed by atoms with Gasteiger partial charge >= 0.3 is 0 Å². The van der Waals surface area contributed by atoms with E-state index in [0.717, 1.165) is 28.9 Å². The lowest BCUT2D eigenvalue weighted by molar-refractivity contribution is 0.0949. The Morgan fingerprint density at radius 2 is 2.05 bits per heavy atom. The van der Waals surface area contributed by atoms with Gasteiger partial charge in [0.05, 0.1) is 22.6 Å². The smallest absolute Gasteiger partial charge is 0.269 e. The third-order valence-electron chi connectivity index (χ3n) is 3.23. The number of hydrogen-bond donors (Lipinski definition) is 2. The van der Waals surface area contributed by atoms with Crippen LogP contribution in [0.15, 0.2) is 30.5 Å². The van der Waals surface area contributed by atoms with Gasteiger partial charge in [0.2, 0.25) is 0 Å². The maximum absolute atomic E-state index is 11.8. The predicted molar refractivity (Wildman–Crippen MR) is 91.1 cm³/mol. The Morgan fingerprint density at radius 1 is 1.27 bits per heavy atom. The highest BCUT2D eigenvalue weighted by Gasteiger charge is 2.08. The molecule has 0 bridgehead atoms. The summed E-state index contributed by atoms with van der Waals surface area (Å²) in [6, 6.07) is 7.50. The number of aromatic nitrogens is 1. The molecule has 22 heavy (non-hydrogen) atoms. The van der Waals surface area contributed by atoms with Crippen LogP contribution in [0.25, 0.3) is 0 Å². The summed E-state index contributed by atoms with van der Waals surface area (Å²) in [4.78, 5) is 16.0. The Hall–Kier alpha value is -2.07. The first-order valence-corrected chi connectivity index (χ1v) is 7.67. The van der Waals surface area contributed by atoms with Crippen LogP contribution in [0.3, 0.4) is 0 Å². The van der Waals surface area contributed by atoms with Gasteiger partial charge in [-0.05, 0) is 49.6 Å². The maximum Gasteiger partial charge on any atom is 0.269 e. The van der Waals surface area contributed by atoms with Crippen molar-refractivity contribution in [3.8, 4) is 0 Å². The van der Waals surface area contributed by atoms with Crippen LogP contribution in [-0.4, -0.2) is 17.4 Å². The molecule has 1 aromatic carbocycles. The first kappa shape index (κ1) is 16.3. The molecule has 1 amide bonds. The number of rotatable bonds is 5. The number of pyridine rings is 1. The zero-order valence-electron chi connectivity index (χ0n) is 13.0. The van der Waals surface area contributed by atoms with Crippen LogP contribution in [0, 0.1) is 13.8 Å². The zero-order valence-corrected chi connectivity index (χ0v) is 13.8. The molecule has 0 aliphatic carbocycles. The average Bonchev–Trinajstić information content (AvgIpc) is 2.49. The minimum atomic E-state index is -0.155. The summed E-state index contributed by atoms with van der Waals surface area (Å²) in [5.41, 5.74) is 4.24. The molecular formula is C17H20ClN3O. The molecule has 0 saturated carbocycles. The number of carbonyl (C=O) groups excluding carboxylic acids is 1. The number of anilines is 2. The molecule has 5 heteroatoms. The Balaban J connectivity index is 2.13. The molecule has 1 heterocycles. The normalized spacial score (nSPS) is 10.4. The van der Waals surface area contributed by atoms with E-state index in [1.54, 1.807) is 12.3 Å². The van der Waals surface area contributed by atoms with Gasteiger partial charge < -0.3 is 10.6 Å². The lowest BCUT2D eigenvalue weighted by Crippen LogP contribution is -2.24. The third-order valence-corrected chi connectivity index (χ3v) is 3.53. The number of halogens is 1. The van der Waals surface area contributed by atoms with Gasteiger partial charge in [0.15, 0.2) is 0 Å². The van der Waals surface area contributed by atoms with Crippen LogP contribution in [0.1, 0.15) is 35.0 Å². The van der Waals surface area contributed by atoms with Crippen molar-refractivity contribution in [1.29, 1.82) is 0 Å². The van der Waals surface area contributed by atoms with Gasteiger partial charge in [-0.1, -0.05) is 24.6 Å². The SMILES string of the molecule is CCCNC(=O)c1ccc(Nc2c(C)cc(C)cc2Cl)cn1. The van der Waals surface area contributed by atoms with E-state index in [1.807, 2.05) is 32.9 Å². The fourth-order valence-corrected chi connectivity index (χ4v) is 2.52. The van der Waals surface area contributed by atoms with Crippen LogP contribution >= 0.6 is 11.6 Å². The largest absolute Gasteiger partial charge is 0.353 e. The monoisotopic (exact) mass is 317 g/mol. The van der Waals surface area contributed by atoms with Crippen LogP contribution in [0.2, 0.25) is 5.02 Å². The van der Waals surface area contributed by atoms with Crippen molar-refractivity contribution in [2.45, 2.75) is 27.2 Å². The third kappa shape index (κ3) is 3.98. The highest BCUT2D eigenvalue weighted by molar-refractivity contribution is 6.33. The molecule has 0 saturated heterocycles. The van der Waals surface area contributed by atoms with Crippen molar-refractivity contribution in [1.82, 2.24) is 10.3 Å². The van der Waals surface area contributed by atoms with Crippen molar-refractivity contribution in [3.05, 3.63) is 52.3 Å². The summed E-state index contributed by atoms with van der Waals surface area (Å²) in [7, 11) is 0. The Bertz CT molecular complexity index is 645. The van der Waals surface area contributed by atoms with Crippen molar-refractivity contribution >= 4 is 28.9 Å². The summed E-state index contributed by atoms with van der Waals surface area (Å²) in [5.74, 6) is -0.155. The van der Waals surface area contributed by atoms with E-state index in [9.17, 15) is 4.79 Å². The van der Waals surface area contributed by atoms with Gasteiger partial charge in [-0.15, -0.1) is 0 Å². The molecule has 116 valence electrons. The van der Waals surface area contributed by atoms with Crippen LogP contribution in [-0.2, 0) is 0 Å². The van der Waals surface area contributed by atoms with Crippen LogP contribution in [0.4, 0.5) is 11.4 Å². The van der Waals surface area contributed by atoms with Crippen molar-refractivity contribution < 1.29 is 4.79 Å². The number of hydrogen-bond acceptors (Lipinski definition) is 3. The number of amides is 1. The Kier molecular flexibility index (Phi) is 5.39. The van der Waals surface area contributed by atoms with Gasteiger partial charge in [0.25, 0.3) is 5.91 Å². The summed E-state index contributed by atoms with van der Waals surface area (Å²) >= 11 is 6.28. The first-order chi connectivity index (χ1) is 10.5. The topological polar surface area (TPSA) is 54.0 Å². The van der Waals surface area contributed by atoms with Crippen molar-refractivity contribution in [2.24, 2.45) is 0 Å². The molecule has 0 aliphatic rings. The number of nitrogens with one attached hydrogen (secondary N) is 2. The van der Waals surface area contributed by atoms with E-state index >= 15 is 0 Å². The molecule has 4 nitrogen and oxygen atoms in total. The van der Waals surface area contributed by atoms with Crippen LogP contribution in [0.5, 0.6) is 0 Å². The second-order valence-corrected chi connectivity index (χ2v) is 5.66. The van der Waals surface area contributed by atoms with Gasteiger partial charge in [0, 0.05) is 6.54 Å². The van der Waals surface area contributed by atoms with E-state index in [4.69, 9.17) is 11.6 Å². The summed E-state index contributed by atoms with van der Waals surface area (Å²) < 4.78 is 0. The second-order valence-electron chi connectivity index (χ2n) is 5.25. The lowest BCUT2D eigenvalue weighted by Gasteiger charge is -2.12. The lowest BCUT2D eigenvalue weighted by atomic mass is 10.1. The maximum atomic E-state index is 11.8. The molecule has 2 rings (SSSR count). The van der Waals surface area contributed by atoms with Gasteiger partial charge in [-0.25, -0.2) is 4.98 Å². The fourth-order valence-electron chi connectivity index (χ4n) is 2.15. The van der Waals surface area contributed by atoms with Gasteiger partial charge in [-0.3, -0.25) is 4.79 Å². The van der Waals surface area contributed by atoms with Gasteiger partial charge in [-0.2, -0.15) is 0 Å². The predicted octanol–water partition coefficient (Wildman–Crippen LogP) is 4.24. The Morgan fingerprint density at radius 3 is 2.64 bits per heavy atom. The molecule has 1 aromatic heterocycles. The van der Waals surface area contributed by atoms with E-state index in [0.29, 0.717) is 17.3 Å². The summed E-state index contributed by atoms with van der Waals surface area (Å²) in [5, 5.41) is 6.72. The van der Waals surface area contributed by atoms with E-state index in [-0.39, 0.29) is 5.91 Å². The number of carbonyl (C=O) groups is 1. The molecule has 0 aliphatic heterocycles. The quantitative estimate of drug-likeness (QED) is 0.867. The minimum absolute atomic E-state index is 0.155. The molecule has 2 aromatic rings. The fraction of sp³-hybridized carbons (Fsp3) is 0.294. The zero-order chi connectivity index (χ0) is 16.1. The highest BCUT2D eigenvalue weighted by Crippen LogP contribution is 2.30. The minimum Gasteiger partial charge on any atom is -0.353 e. The van der Waals surface area contributed by atoms with Crippen molar-refractivity contribution in [3.63, 3.8) is 0 Å².